The Morgan fingerprint density at radius 2 is 2.11 bits per heavy atom. The van der Waals surface area contributed by atoms with Crippen LogP contribution in [0.25, 0.3) is 0 Å². The van der Waals surface area contributed by atoms with Crippen molar-refractivity contribution in [3.63, 3.8) is 0 Å². The zero-order valence-corrected chi connectivity index (χ0v) is 12.3. The number of hydrogen-bond donors (Lipinski definition) is 1. The van der Waals surface area contributed by atoms with Crippen molar-refractivity contribution < 1.29 is 4.79 Å². The van der Waals surface area contributed by atoms with Crippen LogP contribution in [0.2, 0.25) is 0 Å². The first-order valence-corrected chi connectivity index (χ1v) is 6.78. The normalized spacial score (nSPS) is 23.6. The fraction of sp³-hybridized carbons (Fsp3) is 0.769. The average molecular weight is 265 g/mol. The molecule has 1 aromatic rings. The van der Waals surface area contributed by atoms with Gasteiger partial charge in [-0.05, 0) is 20.0 Å². The van der Waals surface area contributed by atoms with Crippen LogP contribution in [0.15, 0.2) is 0 Å². The van der Waals surface area contributed by atoms with Gasteiger partial charge >= 0.3 is 0 Å². The molecule has 6 nitrogen and oxygen atoms in total. The van der Waals surface area contributed by atoms with Crippen LogP contribution in [0.1, 0.15) is 43.1 Å². The quantitative estimate of drug-likeness (QED) is 0.883. The van der Waals surface area contributed by atoms with Crippen LogP contribution in [0.5, 0.6) is 0 Å². The van der Waals surface area contributed by atoms with Gasteiger partial charge in [-0.15, -0.1) is 5.10 Å². The van der Waals surface area contributed by atoms with E-state index in [9.17, 15) is 4.79 Å². The monoisotopic (exact) mass is 265 g/mol. The first kappa shape index (κ1) is 14.0. The molecule has 0 spiro atoms. The summed E-state index contributed by atoms with van der Waals surface area (Å²) in [6.45, 7) is 7.74. The second kappa shape index (κ2) is 5.28. The van der Waals surface area contributed by atoms with Gasteiger partial charge in [0.25, 0.3) is 5.91 Å². The van der Waals surface area contributed by atoms with Crippen LogP contribution < -0.4 is 0 Å². The highest BCUT2D eigenvalue weighted by Crippen LogP contribution is 2.21. The third kappa shape index (κ3) is 2.78. The molecule has 1 aliphatic rings. The summed E-state index contributed by atoms with van der Waals surface area (Å²) >= 11 is 0. The van der Waals surface area contributed by atoms with Gasteiger partial charge in [0.1, 0.15) is 5.82 Å². The predicted molar refractivity (Wildman–Crippen MR) is 73.0 cm³/mol. The van der Waals surface area contributed by atoms with Crippen molar-refractivity contribution in [2.75, 3.05) is 27.2 Å². The lowest BCUT2D eigenvalue weighted by atomic mass is 10.1. The number of nitrogens with zero attached hydrogens (tertiary/aromatic N) is 4. The summed E-state index contributed by atoms with van der Waals surface area (Å²) < 4.78 is 0. The highest BCUT2D eigenvalue weighted by atomic mass is 16.2. The molecule has 0 aromatic carbocycles. The second-order valence-electron chi connectivity index (χ2n) is 5.92. The van der Waals surface area contributed by atoms with E-state index in [0.717, 1.165) is 18.9 Å². The summed E-state index contributed by atoms with van der Waals surface area (Å²) in [5.41, 5.74) is 0. The van der Waals surface area contributed by atoms with E-state index in [0.29, 0.717) is 12.0 Å². The van der Waals surface area contributed by atoms with Crippen molar-refractivity contribution in [3.8, 4) is 0 Å². The minimum absolute atomic E-state index is 0.0700. The highest BCUT2D eigenvalue weighted by molar-refractivity contribution is 5.90. The number of rotatable bonds is 3. The Morgan fingerprint density at radius 1 is 1.42 bits per heavy atom. The standard InChI is InChI=1S/C13H23N5O/c1-8(2)11-14-12(16-15-11)13(19)18-6-9(3)10(7-18)17(4)5/h8-10H,6-7H2,1-5H3,(H,14,15,16). The lowest BCUT2D eigenvalue weighted by Gasteiger charge is -2.22. The summed E-state index contributed by atoms with van der Waals surface area (Å²) in [4.78, 5) is 20.7. The van der Waals surface area contributed by atoms with Gasteiger partial charge in [-0.2, -0.15) is 0 Å². The largest absolute Gasteiger partial charge is 0.334 e. The van der Waals surface area contributed by atoms with Crippen LogP contribution in [0.4, 0.5) is 0 Å². The van der Waals surface area contributed by atoms with Crippen molar-refractivity contribution in [2.24, 2.45) is 5.92 Å². The SMILES string of the molecule is CC(C)c1nc(C(=O)N2CC(C)C(N(C)C)C2)n[nH]1. The predicted octanol–water partition coefficient (Wildman–Crippen LogP) is 0.950. The molecule has 19 heavy (non-hydrogen) atoms. The van der Waals surface area contributed by atoms with E-state index in [4.69, 9.17) is 0 Å². The molecular formula is C13H23N5O. The summed E-state index contributed by atoms with van der Waals surface area (Å²) in [7, 11) is 4.11. The molecule has 0 aliphatic carbocycles. The molecule has 2 rings (SSSR count). The smallest absolute Gasteiger partial charge is 0.293 e. The highest BCUT2D eigenvalue weighted by Gasteiger charge is 2.35. The Balaban J connectivity index is 2.08. The lowest BCUT2D eigenvalue weighted by Crippen LogP contribution is -2.36. The van der Waals surface area contributed by atoms with E-state index >= 15 is 0 Å². The molecule has 2 heterocycles. The van der Waals surface area contributed by atoms with E-state index in [1.807, 2.05) is 18.7 Å². The van der Waals surface area contributed by atoms with E-state index in [2.05, 4.69) is 41.1 Å². The number of aromatic amines is 1. The lowest BCUT2D eigenvalue weighted by molar-refractivity contribution is 0.0769. The van der Waals surface area contributed by atoms with Gasteiger partial charge in [0, 0.05) is 25.0 Å². The third-order valence-electron chi connectivity index (χ3n) is 3.76. The summed E-state index contributed by atoms with van der Waals surface area (Å²) in [6.07, 6.45) is 0. The van der Waals surface area contributed by atoms with Crippen molar-refractivity contribution in [1.29, 1.82) is 0 Å². The molecule has 0 saturated carbocycles. The van der Waals surface area contributed by atoms with Crippen LogP contribution >= 0.6 is 0 Å². The molecule has 1 fully saturated rings. The number of carbonyl (C=O) groups excluding carboxylic acids is 1. The molecule has 106 valence electrons. The van der Waals surface area contributed by atoms with Gasteiger partial charge < -0.3 is 9.80 Å². The zero-order valence-electron chi connectivity index (χ0n) is 12.3. The summed E-state index contributed by atoms with van der Waals surface area (Å²) in [5.74, 6) is 1.71. The Morgan fingerprint density at radius 3 is 2.58 bits per heavy atom. The third-order valence-corrected chi connectivity index (χ3v) is 3.76. The molecule has 0 bridgehead atoms. The molecule has 1 aromatic heterocycles. The molecule has 1 saturated heterocycles. The minimum Gasteiger partial charge on any atom is -0.334 e. The second-order valence-corrected chi connectivity index (χ2v) is 5.92. The van der Waals surface area contributed by atoms with Gasteiger partial charge in [0.05, 0.1) is 0 Å². The molecule has 1 N–H and O–H groups in total. The van der Waals surface area contributed by atoms with Gasteiger partial charge in [0.2, 0.25) is 5.82 Å². The van der Waals surface area contributed by atoms with Crippen molar-refractivity contribution in [2.45, 2.75) is 32.7 Å². The Labute approximate surface area is 114 Å². The van der Waals surface area contributed by atoms with Crippen LogP contribution in [0.3, 0.4) is 0 Å². The molecule has 2 atom stereocenters. The molecule has 6 heteroatoms. The Kier molecular flexibility index (Phi) is 3.89. The van der Waals surface area contributed by atoms with Gasteiger partial charge in [-0.3, -0.25) is 9.89 Å². The van der Waals surface area contributed by atoms with E-state index in [-0.39, 0.29) is 17.6 Å². The molecule has 1 amide bonds. The first-order valence-electron chi connectivity index (χ1n) is 6.78. The van der Waals surface area contributed by atoms with E-state index in [1.165, 1.54) is 0 Å². The summed E-state index contributed by atoms with van der Waals surface area (Å²) in [5, 5.41) is 6.87. The molecule has 2 unspecified atom stereocenters. The zero-order chi connectivity index (χ0) is 14.2. The van der Waals surface area contributed by atoms with Crippen molar-refractivity contribution in [3.05, 3.63) is 11.6 Å². The number of hydrogen-bond acceptors (Lipinski definition) is 4. The molecule has 0 radical (unpaired) electrons. The maximum atomic E-state index is 12.4. The summed E-state index contributed by atoms with van der Waals surface area (Å²) in [6, 6.07) is 0.410. The van der Waals surface area contributed by atoms with Gasteiger partial charge in [-0.1, -0.05) is 20.8 Å². The van der Waals surface area contributed by atoms with E-state index in [1.54, 1.807) is 0 Å². The molecular weight excluding hydrogens is 242 g/mol. The number of likely N-dealkylation sites (tertiary alicyclic amines) is 1. The molecule has 1 aliphatic heterocycles. The number of amides is 1. The topological polar surface area (TPSA) is 65.1 Å². The maximum Gasteiger partial charge on any atom is 0.293 e. The minimum atomic E-state index is -0.0700. The fourth-order valence-electron chi connectivity index (χ4n) is 2.56. The number of aromatic nitrogens is 3. The van der Waals surface area contributed by atoms with Crippen molar-refractivity contribution in [1.82, 2.24) is 25.0 Å². The van der Waals surface area contributed by atoms with Crippen molar-refractivity contribution >= 4 is 5.91 Å². The average Bonchev–Trinajstić information content (AvgIpc) is 2.94. The fourth-order valence-corrected chi connectivity index (χ4v) is 2.56. The van der Waals surface area contributed by atoms with E-state index < -0.39 is 0 Å². The Bertz CT molecular complexity index is 454. The Hall–Kier alpha value is -1.43. The van der Waals surface area contributed by atoms with Gasteiger partial charge in [-0.25, -0.2) is 4.98 Å². The van der Waals surface area contributed by atoms with Crippen LogP contribution in [-0.4, -0.2) is 64.1 Å². The van der Waals surface area contributed by atoms with Gasteiger partial charge in [0.15, 0.2) is 0 Å². The number of likely N-dealkylation sites (N-methyl/N-ethyl adjacent to an activating group) is 1. The van der Waals surface area contributed by atoms with Crippen LogP contribution in [0, 0.1) is 5.92 Å². The first-order chi connectivity index (χ1) is 8.90. The number of carbonyl (C=O) groups is 1. The van der Waals surface area contributed by atoms with Crippen LogP contribution in [-0.2, 0) is 0 Å². The number of H-pyrrole nitrogens is 1. The number of nitrogens with one attached hydrogen (secondary N) is 1. The maximum absolute atomic E-state index is 12.4.